The van der Waals surface area contributed by atoms with E-state index in [0.717, 1.165) is 5.56 Å². The van der Waals surface area contributed by atoms with E-state index in [9.17, 15) is 14.7 Å². The van der Waals surface area contributed by atoms with Crippen molar-refractivity contribution in [1.82, 2.24) is 0 Å². The van der Waals surface area contributed by atoms with Gasteiger partial charge in [0, 0.05) is 0 Å². The van der Waals surface area contributed by atoms with Gasteiger partial charge < -0.3 is 19.3 Å². The quantitative estimate of drug-likeness (QED) is 0.716. The lowest BCUT2D eigenvalue weighted by Crippen LogP contribution is -2.23. The molecule has 1 amide bonds. The van der Waals surface area contributed by atoms with Crippen molar-refractivity contribution in [3.05, 3.63) is 35.1 Å². The van der Waals surface area contributed by atoms with Gasteiger partial charge in [0.1, 0.15) is 11.3 Å². The lowest BCUT2D eigenvalue weighted by atomic mass is 9.97. The molecule has 7 nitrogen and oxygen atoms in total. The monoisotopic (exact) mass is 361 g/mol. The van der Waals surface area contributed by atoms with E-state index in [0.29, 0.717) is 37.6 Å². The third kappa shape index (κ3) is 4.62. The maximum atomic E-state index is 11.9. The summed E-state index contributed by atoms with van der Waals surface area (Å²) in [5.74, 6) is -0.174. The molecule has 1 aliphatic rings. The van der Waals surface area contributed by atoms with Crippen LogP contribution >= 0.6 is 0 Å². The lowest BCUT2D eigenvalue weighted by Gasteiger charge is -2.16. The molecule has 0 atom stereocenters. The van der Waals surface area contributed by atoms with Crippen molar-refractivity contribution >= 4 is 17.6 Å². The third-order valence-corrected chi connectivity index (χ3v) is 3.80. The molecule has 140 valence electrons. The number of dihydropyridines is 1. The molecule has 26 heavy (non-hydrogen) atoms. The maximum Gasteiger partial charge on any atom is 0.343 e. The normalized spacial score (nSPS) is 14.1. The molecule has 0 saturated carbocycles. The number of aryl methyl sites for hydroxylation is 1. The number of aliphatic hydroxyl groups excluding tert-OH is 1. The van der Waals surface area contributed by atoms with Crippen molar-refractivity contribution in [3.63, 3.8) is 0 Å². The summed E-state index contributed by atoms with van der Waals surface area (Å²) in [4.78, 5) is 27.4. The van der Waals surface area contributed by atoms with E-state index in [4.69, 9.17) is 9.47 Å². The van der Waals surface area contributed by atoms with E-state index in [1.54, 1.807) is 0 Å². The molecule has 7 heteroatoms. The Bertz CT molecular complexity index is 750. The molecular weight excluding hydrogens is 338 g/mol. The highest BCUT2D eigenvalue weighted by molar-refractivity contribution is 6.24. The number of aliphatic imine (C=N–C) groups is 1. The minimum Gasteiger partial charge on any atom is -0.511 e. The van der Waals surface area contributed by atoms with Gasteiger partial charge in [-0.3, -0.25) is 4.79 Å². The number of methoxy groups -OCH3 is 1. The first-order valence-corrected chi connectivity index (χ1v) is 8.49. The van der Waals surface area contributed by atoms with Gasteiger partial charge >= 0.3 is 5.97 Å². The van der Waals surface area contributed by atoms with Gasteiger partial charge in [0.15, 0.2) is 11.5 Å². The number of benzene rings is 1. The third-order valence-electron chi connectivity index (χ3n) is 3.80. The Morgan fingerprint density at radius 2 is 1.85 bits per heavy atom. The molecular formula is C19H23NO6. The second kappa shape index (κ2) is 9.03. The Morgan fingerprint density at radius 3 is 2.50 bits per heavy atom. The highest BCUT2D eigenvalue weighted by Crippen LogP contribution is 2.29. The first-order chi connectivity index (χ1) is 12.5. The van der Waals surface area contributed by atoms with E-state index >= 15 is 0 Å². The molecule has 0 unspecified atom stereocenters. The van der Waals surface area contributed by atoms with E-state index in [2.05, 4.69) is 9.73 Å². The van der Waals surface area contributed by atoms with Gasteiger partial charge in [-0.15, -0.1) is 0 Å². The van der Waals surface area contributed by atoms with Crippen LogP contribution in [0.25, 0.3) is 0 Å². The van der Waals surface area contributed by atoms with Crippen molar-refractivity contribution in [2.24, 2.45) is 4.99 Å². The molecule has 0 bridgehead atoms. The van der Waals surface area contributed by atoms with Gasteiger partial charge in [-0.1, -0.05) is 6.07 Å². The minimum atomic E-state index is -0.699. The molecule has 1 aromatic rings. The van der Waals surface area contributed by atoms with Crippen molar-refractivity contribution in [2.75, 3.05) is 20.3 Å². The molecule has 1 aliphatic heterocycles. The van der Waals surface area contributed by atoms with Crippen molar-refractivity contribution in [2.45, 2.75) is 33.1 Å². The fourth-order valence-electron chi connectivity index (χ4n) is 2.68. The van der Waals surface area contributed by atoms with Crippen LogP contribution in [0.1, 0.15) is 32.3 Å². The summed E-state index contributed by atoms with van der Waals surface area (Å²) < 4.78 is 15.8. The molecule has 0 spiro atoms. The zero-order valence-corrected chi connectivity index (χ0v) is 15.2. The Hall–Kier alpha value is -2.83. The predicted octanol–water partition coefficient (Wildman–Crippen LogP) is 2.77. The van der Waals surface area contributed by atoms with E-state index in [-0.39, 0.29) is 23.5 Å². The topological polar surface area (TPSA) is 94.4 Å². The van der Waals surface area contributed by atoms with Crippen LogP contribution in [0.3, 0.4) is 0 Å². The minimum absolute atomic E-state index is 0.0249. The van der Waals surface area contributed by atoms with Crippen molar-refractivity contribution in [3.8, 4) is 11.5 Å². The molecule has 0 radical (unpaired) electrons. The molecule has 0 aromatic heterocycles. The van der Waals surface area contributed by atoms with Crippen LogP contribution in [0.5, 0.6) is 11.5 Å². The van der Waals surface area contributed by atoms with E-state index < -0.39 is 11.9 Å². The number of ether oxygens (including phenoxy) is 3. The van der Waals surface area contributed by atoms with Crippen LogP contribution in [0.2, 0.25) is 0 Å². The van der Waals surface area contributed by atoms with Gasteiger partial charge in [0.2, 0.25) is 0 Å². The van der Waals surface area contributed by atoms with Gasteiger partial charge in [0.25, 0.3) is 5.91 Å². The lowest BCUT2D eigenvalue weighted by molar-refractivity contribution is -0.135. The Balaban J connectivity index is 2.19. The van der Waals surface area contributed by atoms with Crippen LogP contribution in [-0.4, -0.2) is 43.0 Å². The van der Waals surface area contributed by atoms with E-state index in [1.165, 1.54) is 7.11 Å². The first-order valence-electron chi connectivity index (χ1n) is 8.49. The number of carbonyl (C=O) groups excluding carboxylic acids is 2. The average Bonchev–Trinajstić information content (AvgIpc) is 2.61. The molecule has 0 aliphatic carbocycles. The molecule has 0 saturated heterocycles. The number of hydrogen-bond donors (Lipinski definition) is 1. The number of amides is 1. The molecule has 1 heterocycles. The summed E-state index contributed by atoms with van der Waals surface area (Å²) in [6.07, 6.45) is 0.525. The number of rotatable bonds is 8. The summed E-state index contributed by atoms with van der Waals surface area (Å²) >= 11 is 0. The number of aliphatic hydroxyl groups is 1. The molecule has 1 N–H and O–H groups in total. The Morgan fingerprint density at radius 1 is 1.15 bits per heavy atom. The second-order valence-corrected chi connectivity index (χ2v) is 5.59. The number of esters is 1. The van der Waals surface area contributed by atoms with Crippen LogP contribution in [0.4, 0.5) is 0 Å². The zero-order chi connectivity index (χ0) is 19.1. The molecule has 1 aromatic carbocycles. The van der Waals surface area contributed by atoms with Crippen LogP contribution in [0, 0.1) is 0 Å². The summed E-state index contributed by atoms with van der Waals surface area (Å²) in [6.45, 7) is 4.83. The predicted molar refractivity (Wildman–Crippen MR) is 95.8 cm³/mol. The number of nitrogens with zero attached hydrogens (tertiary/aromatic N) is 1. The van der Waals surface area contributed by atoms with Gasteiger partial charge in [-0.2, -0.15) is 0 Å². The van der Waals surface area contributed by atoms with Crippen LogP contribution in [-0.2, 0) is 20.7 Å². The van der Waals surface area contributed by atoms with Gasteiger partial charge in [-0.05, 0) is 44.4 Å². The summed E-state index contributed by atoms with van der Waals surface area (Å²) in [7, 11) is 1.22. The molecule has 0 fully saturated rings. The zero-order valence-electron chi connectivity index (χ0n) is 15.2. The van der Waals surface area contributed by atoms with Crippen LogP contribution < -0.4 is 9.47 Å². The first kappa shape index (κ1) is 19.5. The largest absolute Gasteiger partial charge is 0.511 e. The van der Waals surface area contributed by atoms with Gasteiger partial charge in [-0.25, -0.2) is 9.79 Å². The fourth-order valence-corrected chi connectivity index (χ4v) is 2.68. The van der Waals surface area contributed by atoms with Crippen LogP contribution in [0.15, 0.2) is 34.5 Å². The average molecular weight is 361 g/mol. The highest BCUT2D eigenvalue weighted by Gasteiger charge is 2.28. The SMILES string of the molecule is CCOc1ccc(CCC2=NC(=O)CC(O)=C2C(=O)OC)cc1OCC. The molecule has 2 rings (SSSR count). The van der Waals surface area contributed by atoms with Crippen molar-refractivity contribution < 1.29 is 28.9 Å². The smallest absolute Gasteiger partial charge is 0.343 e. The Labute approximate surface area is 152 Å². The van der Waals surface area contributed by atoms with Crippen molar-refractivity contribution in [1.29, 1.82) is 0 Å². The summed E-state index contributed by atoms with van der Waals surface area (Å²) in [6, 6.07) is 5.58. The van der Waals surface area contributed by atoms with E-state index in [1.807, 2.05) is 32.0 Å². The standard InChI is InChI=1S/C19H23NO6/c1-4-25-15-9-7-12(10-16(15)26-5-2)6-8-13-18(19(23)24-3)14(21)11-17(22)20-13/h7,9-10,21H,4-6,8,11H2,1-3H3. The van der Waals surface area contributed by atoms with Gasteiger partial charge in [0.05, 0.1) is 32.5 Å². The summed E-state index contributed by atoms with van der Waals surface area (Å²) in [5.41, 5.74) is 1.14. The fraction of sp³-hybridized carbons (Fsp3) is 0.421. The maximum absolute atomic E-state index is 11.9. The Kier molecular flexibility index (Phi) is 6.77. The number of carbonyl (C=O) groups is 2. The highest BCUT2D eigenvalue weighted by atomic mass is 16.5. The summed E-state index contributed by atoms with van der Waals surface area (Å²) in [5, 5.41) is 9.96. The second-order valence-electron chi connectivity index (χ2n) is 5.59. The number of hydrogen-bond acceptors (Lipinski definition) is 6.